The van der Waals surface area contributed by atoms with Crippen molar-refractivity contribution in [1.82, 2.24) is 0 Å². The number of halogens is 1. The number of rotatable bonds is 4. The van der Waals surface area contributed by atoms with E-state index >= 15 is 0 Å². The highest BCUT2D eigenvalue weighted by atomic mass is 79.9. The Kier molecular flexibility index (Phi) is 4.16. The fourth-order valence-electron chi connectivity index (χ4n) is 1.17. The van der Waals surface area contributed by atoms with Crippen LogP contribution >= 0.6 is 15.9 Å². The summed E-state index contributed by atoms with van der Waals surface area (Å²) >= 11 is 3.41. The van der Waals surface area contributed by atoms with E-state index in [1.165, 1.54) is 0 Å². The minimum atomic E-state index is -0.251. The fraction of sp³-hybridized carbons (Fsp3) is 0.417. The van der Waals surface area contributed by atoms with Gasteiger partial charge in [-0.3, -0.25) is 0 Å². The Bertz CT molecular complexity index is 366. The van der Waals surface area contributed by atoms with E-state index in [1.807, 2.05) is 38.1 Å². The molecule has 0 aliphatic rings. The molecule has 0 bridgehead atoms. The predicted molar refractivity (Wildman–Crippen MR) is 66.6 cm³/mol. The van der Waals surface area contributed by atoms with Crippen LogP contribution in [-0.2, 0) is 0 Å². The Morgan fingerprint density at radius 3 is 2.80 bits per heavy atom. The van der Waals surface area contributed by atoms with E-state index in [4.69, 9.17) is 5.26 Å². The molecule has 0 aliphatic carbocycles. The van der Waals surface area contributed by atoms with Crippen LogP contribution in [0.5, 0.6) is 0 Å². The quantitative estimate of drug-likeness (QED) is 0.900. The van der Waals surface area contributed by atoms with Gasteiger partial charge < -0.3 is 5.32 Å². The van der Waals surface area contributed by atoms with Crippen molar-refractivity contribution < 1.29 is 0 Å². The van der Waals surface area contributed by atoms with Gasteiger partial charge in [-0.05, 0) is 38.5 Å². The van der Waals surface area contributed by atoms with Crippen LogP contribution in [0.4, 0.5) is 5.69 Å². The maximum absolute atomic E-state index is 8.85. The molecular formula is C12H15BrN2. The Balaban J connectivity index is 2.42. The lowest BCUT2D eigenvalue weighted by Crippen LogP contribution is -2.14. The third-order valence-corrected chi connectivity index (χ3v) is 2.70. The standard InChI is InChI=1S/C12H15BrN2/c1-12(2,9-14)6-7-15-11-5-3-4-10(13)8-11/h3-5,8,15H,6-7H2,1-2H3. The first-order valence-electron chi connectivity index (χ1n) is 4.94. The van der Waals surface area contributed by atoms with Crippen LogP contribution in [0.25, 0.3) is 0 Å². The molecule has 0 aromatic heterocycles. The average molecular weight is 267 g/mol. The molecule has 0 aliphatic heterocycles. The van der Waals surface area contributed by atoms with Crippen LogP contribution in [0.15, 0.2) is 28.7 Å². The molecule has 0 saturated carbocycles. The molecule has 0 fully saturated rings. The highest BCUT2D eigenvalue weighted by molar-refractivity contribution is 9.10. The second-order valence-corrected chi connectivity index (χ2v) is 5.10. The van der Waals surface area contributed by atoms with E-state index in [-0.39, 0.29) is 5.41 Å². The molecule has 0 radical (unpaired) electrons. The van der Waals surface area contributed by atoms with Crippen LogP contribution in [0, 0.1) is 16.7 Å². The van der Waals surface area contributed by atoms with Crippen molar-refractivity contribution in [3.8, 4) is 6.07 Å². The first-order chi connectivity index (χ1) is 7.03. The number of nitriles is 1. The van der Waals surface area contributed by atoms with E-state index in [1.54, 1.807) is 0 Å². The topological polar surface area (TPSA) is 35.8 Å². The van der Waals surface area contributed by atoms with E-state index in [2.05, 4.69) is 27.3 Å². The molecular weight excluding hydrogens is 252 g/mol. The third kappa shape index (κ3) is 4.35. The number of benzene rings is 1. The van der Waals surface area contributed by atoms with Gasteiger partial charge in [0.15, 0.2) is 0 Å². The fourth-order valence-corrected chi connectivity index (χ4v) is 1.57. The zero-order chi connectivity index (χ0) is 11.3. The summed E-state index contributed by atoms with van der Waals surface area (Å²) in [6, 6.07) is 10.3. The second kappa shape index (κ2) is 5.18. The summed E-state index contributed by atoms with van der Waals surface area (Å²) in [5.41, 5.74) is 0.831. The van der Waals surface area contributed by atoms with Gasteiger partial charge >= 0.3 is 0 Å². The van der Waals surface area contributed by atoms with Gasteiger partial charge in [0.1, 0.15) is 0 Å². The van der Waals surface area contributed by atoms with Gasteiger partial charge in [-0.15, -0.1) is 0 Å². The summed E-state index contributed by atoms with van der Waals surface area (Å²) in [5, 5.41) is 12.1. The van der Waals surface area contributed by atoms with Gasteiger partial charge in [0, 0.05) is 16.7 Å². The minimum absolute atomic E-state index is 0.251. The Morgan fingerprint density at radius 2 is 2.20 bits per heavy atom. The van der Waals surface area contributed by atoms with Crippen molar-refractivity contribution >= 4 is 21.6 Å². The molecule has 1 N–H and O–H groups in total. The van der Waals surface area contributed by atoms with E-state index in [0.717, 1.165) is 23.1 Å². The summed E-state index contributed by atoms with van der Waals surface area (Å²) in [4.78, 5) is 0. The van der Waals surface area contributed by atoms with E-state index in [0.29, 0.717) is 0 Å². The van der Waals surface area contributed by atoms with Crippen LogP contribution in [0.3, 0.4) is 0 Å². The van der Waals surface area contributed by atoms with Crippen molar-refractivity contribution in [2.75, 3.05) is 11.9 Å². The van der Waals surface area contributed by atoms with Crippen molar-refractivity contribution in [1.29, 1.82) is 5.26 Å². The molecule has 1 aromatic carbocycles. The Hall–Kier alpha value is -1.01. The van der Waals surface area contributed by atoms with Gasteiger partial charge in [0.05, 0.1) is 11.5 Å². The minimum Gasteiger partial charge on any atom is -0.385 e. The first-order valence-corrected chi connectivity index (χ1v) is 5.73. The van der Waals surface area contributed by atoms with E-state index < -0.39 is 0 Å². The van der Waals surface area contributed by atoms with Gasteiger partial charge in [-0.25, -0.2) is 0 Å². The summed E-state index contributed by atoms with van der Waals surface area (Å²) in [5.74, 6) is 0. The summed E-state index contributed by atoms with van der Waals surface area (Å²) in [6.45, 7) is 4.72. The highest BCUT2D eigenvalue weighted by Gasteiger charge is 2.15. The first kappa shape index (κ1) is 12.1. The maximum atomic E-state index is 8.85. The SMILES string of the molecule is CC(C)(C#N)CCNc1cccc(Br)c1. The zero-order valence-corrected chi connectivity index (χ0v) is 10.6. The van der Waals surface area contributed by atoms with Crippen LogP contribution in [-0.4, -0.2) is 6.54 Å². The molecule has 1 aromatic rings. The lowest BCUT2D eigenvalue weighted by Gasteiger charge is -2.15. The molecule has 0 amide bonds. The molecule has 0 spiro atoms. The summed E-state index contributed by atoms with van der Waals surface area (Å²) in [7, 11) is 0. The van der Waals surface area contributed by atoms with Crippen LogP contribution in [0.2, 0.25) is 0 Å². The van der Waals surface area contributed by atoms with Gasteiger partial charge in [0.25, 0.3) is 0 Å². The van der Waals surface area contributed by atoms with E-state index in [9.17, 15) is 0 Å². The molecule has 1 rings (SSSR count). The molecule has 80 valence electrons. The predicted octanol–water partition coefficient (Wildman–Crippen LogP) is 3.80. The maximum Gasteiger partial charge on any atom is 0.0684 e. The molecule has 2 nitrogen and oxygen atoms in total. The van der Waals surface area contributed by atoms with Crippen LogP contribution < -0.4 is 5.32 Å². The number of nitrogens with zero attached hydrogens (tertiary/aromatic N) is 1. The van der Waals surface area contributed by atoms with Gasteiger partial charge in [0.2, 0.25) is 0 Å². The number of nitrogens with one attached hydrogen (secondary N) is 1. The van der Waals surface area contributed by atoms with Crippen molar-refractivity contribution in [3.05, 3.63) is 28.7 Å². The van der Waals surface area contributed by atoms with Crippen molar-refractivity contribution in [2.45, 2.75) is 20.3 Å². The molecule has 0 unspecified atom stereocenters. The summed E-state index contributed by atoms with van der Waals surface area (Å²) < 4.78 is 1.06. The summed E-state index contributed by atoms with van der Waals surface area (Å²) in [6.07, 6.45) is 0.843. The van der Waals surface area contributed by atoms with Gasteiger partial charge in [-0.1, -0.05) is 22.0 Å². The normalized spacial score (nSPS) is 10.8. The molecule has 0 atom stereocenters. The average Bonchev–Trinajstić information content (AvgIpc) is 2.18. The Labute approximate surface area is 99.4 Å². The van der Waals surface area contributed by atoms with Crippen molar-refractivity contribution in [3.63, 3.8) is 0 Å². The Morgan fingerprint density at radius 1 is 1.47 bits per heavy atom. The third-order valence-electron chi connectivity index (χ3n) is 2.21. The number of hydrogen-bond donors (Lipinski definition) is 1. The molecule has 0 saturated heterocycles. The monoisotopic (exact) mass is 266 g/mol. The molecule has 0 heterocycles. The second-order valence-electron chi connectivity index (χ2n) is 4.18. The number of anilines is 1. The molecule has 3 heteroatoms. The number of hydrogen-bond acceptors (Lipinski definition) is 2. The smallest absolute Gasteiger partial charge is 0.0684 e. The molecule has 15 heavy (non-hydrogen) atoms. The van der Waals surface area contributed by atoms with Crippen LogP contribution in [0.1, 0.15) is 20.3 Å². The largest absolute Gasteiger partial charge is 0.385 e. The van der Waals surface area contributed by atoms with Gasteiger partial charge in [-0.2, -0.15) is 5.26 Å². The zero-order valence-electron chi connectivity index (χ0n) is 9.05. The lowest BCUT2D eigenvalue weighted by molar-refractivity contribution is 0.466. The van der Waals surface area contributed by atoms with Crippen molar-refractivity contribution in [2.24, 2.45) is 5.41 Å². The lowest BCUT2D eigenvalue weighted by atomic mass is 9.91. The highest BCUT2D eigenvalue weighted by Crippen LogP contribution is 2.20.